The quantitative estimate of drug-likeness (QED) is 0.608. The van der Waals surface area contributed by atoms with Crippen LogP contribution in [0.3, 0.4) is 0 Å². The monoisotopic (exact) mass is 255 g/mol. The van der Waals surface area contributed by atoms with E-state index >= 15 is 0 Å². The van der Waals surface area contributed by atoms with Crippen LogP contribution in [0.4, 0.5) is 0 Å². The summed E-state index contributed by atoms with van der Waals surface area (Å²) < 4.78 is 5.57. The van der Waals surface area contributed by atoms with Gasteiger partial charge in [-0.15, -0.1) is 6.58 Å². The predicted octanol–water partition coefficient (Wildman–Crippen LogP) is 3.29. The van der Waals surface area contributed by atoms with E-state index in [9.17, 15) is 0 Å². The standard InChI is InChI=1S/C12H14ClNOS/c1-4-6-9-7-5-8-10(13)11(9)15-12(16)14(2)3/h4-5,7-8H,1,6H2,2-3H3. The molecule has 1 aromatic carbocycles. The largest absolute Gasteiger partial charge is 0.430 e. The third-order valence-electron chi connectivity index (χ3n) is 1.97. The SMILES string of the molecule is C=CCc1cccc(Cl)c1OC(=S)N(C)C. The van der Waals surface area contributed by atoms with Gasteiger partial charge in [0.1, 0.15) is 0 Å². The van der Waals surface area contributed by atoms with Gasteiger partial charge in [-0.3, -0.25) is 0 Å². The lowest BCUT2D eigenvalue weighted by Gasteiger charge is -2.17. The van der Waals surface area contributed by atoms with Crippen LogP contribution in [0.25, 0.3) is 0 Å². The highest BCUT2D eigenvalue weighted by atomic mass is 35.5. The Balaban J connectivity index is 3.00. The Bertz CT molecular complexity index is 404. The zero-order chi connectivity index (χ0) is 12.1. The third-order valence-corrected chi connectivity index (χ3v) is 2.71. The molecule has 0 atom stereocenters. The van der Waals surface area contributed by atoms with Crippen LogP contribution in [-0.2, 0) is 6.42 Å². The van der Waals surface area contributed by atoms with Crippen LogP contribution in [0.5, 0.6) is 5.75 Å². The van der Waals surface area contributed by atoms with Crippen molar-refractivity contribution in [1.29, 1.82) is 0 Å². The normalized spacial score (nSPS) is 9.69. The van der Waals surface area contributed by atoms with Gasteiger partial charge >= 0.3 is 0 Å². The lowest BCUT2D eigenvalue weighted by atomic mass is 10.1. The zero-order valence-corrected chi connectivity index (χ0v) is 10.9. The van der Waals surface area contributed by atoms with Crippen molar-refractivity contribution in [3.8, 4) is 5.75 Å². The van der Waals surface area contributed by atoms with E-state index in [0.29, 0.717) is 22.4 Å². The summed E-state index contributed by atoms with van der Waals surface area (Å²) >= 11 is 11.2. The number of allylic oxidation sites excluding steroid dienone is 1. The van der Waals surface area contributed by atoms with Gasteiger partial charge in [-0.2, -0.15) is 0 Å². The van der Waals surface area contributed by atoms with E-state index in [-0.39, 0.29) is 0 Å². The fraction of sp³-hybridized carbons (Fsp3) is 0.250. The maximum Gasteiger partial charge on any atom is 0.264 e. The number of para-hydroxylation sites is 1. The first kappa shape index (κ1) is 13.0. The first-order chi connectivity index (χ1) is 7.56. The molecule has 1 rings (SSSR count). The van der Waals surface area contributed by atoms with Crippen molar-refractivity contribution in [2.45, 2.75) is 6.42 Å². The van der Waals surface area contributed by atoms with Crippen molar-refractivity contribution in [3.05, 3.63) is 41.4 Å². The van der Waals surface area contributed by atoms with Gasteiger partial charge < -0.3 is 9.64 Å². The van der Waals surface area contributed by atoms with Crippen molar-refractivity contribution >= 4 is 29.0 Å². The van der Waals surface area contributed by atoms with Gasteiger partial charge in [-0.25, -0.2) is 0 Å². The summed E-state index contributed by atoms with van der Waals surface area (Å²) in [6, 6.07) is 5.61. The van der Waals surface area contributed by atoms with E-state index < -0.39 is 0 Å². The highest BCUT2D eigenvalue weighted by Crippen LogP contribution is 2.29. The molecule has 0 aromatic heterocycles. The molecule has 0 heterocycles. The van der Waals surface area contributed by atoms with Crippen LogP contribution >= 0.6 is 23.8 Å². The Morgan fingerprint density at radius 2 is 2.25 bits per heavy atom. The lowest BCUT2D eigenvalue weighted by Crippen LogP contribution is -2.25. The Morgan fingerprint density at radius 1 is 1.56 bits per heavy atom. The fourth-order valence-electron chi connectivity index (χ4n) is 1.16. The summed E-state index contributed by atoms with van der Waals surface area (Å²) in [7, 11) is 3.65. The van der Waals surface area contributed by atoms with Gasteiger partial charge in [0, 0.05) is 19.7 Å². The Labute approximate surface area is 106 Å². The molecule has 0 spiro atoms. The Hall–Kier alpha value is -1.06. The fourth-order valence-corrected chi connectivity index (χ4v) is 1.48. The minimum Gasteiger partial charge on any atom is -0.430 e. The van der Waals surface area contributed by atoms with E-state index in [1.54, 1.807) is 17.0 Å². The van der Waals surface area contributed by atoms with Gasteiger partial charge in [-0.05, 0) is 24.7 Å². The van der Waals surface area contributed by atoms with Gasteiger partial charge in [0.2, 0.25) is 0 Å². The molecule has 0 N–H and O–H groups in total. The number of benzene rings is 1. The van der Waals surface area contributed by atoms with Crippen LogP contribution in [-0.4, -0.2) is 24.2 Å². The third kappa shape index (κ3) is 3.22. The van der Waals surface area contributed by atoms with Crippen molar-refractivity contribution in [2.24, 2.45) is 0 Å². The highest BCUT2D eigenvalue weighted by Gasteiger charge is 2.10. The summed E-state index contributed by atoms with van der Waals surface area (Å²) in [6.45, 7) is 3.70. The minimum absolute atomic E-state index is 0.387. The molecule has 0 aliphatic rings. The molecular formula is C12H14ClNOS. The van der Waals surface area contributed by atoms with Crippen molar-refractivity contribution in [1.82, 2.24) is 4.90 Å². The van der Waals surface area contributed by atoms with Gasteiger partial charge in [-0.1, -0.05) is 29.8 Å². The Kier molecular flexibility index (Phi) is 4.77. The molecule has 1 aromatic rings. The second-order valence-electron chi connectivity index (χ2n) is 3.48. The first-order valence-electron chi connectivity index (χ1n) is 4.83. The molecule has 2 nitrogen and oxygen atoms in total. The van der Waals surface area contributed by atoms with Crippen LogP contribution in [0.2, 0.25) is 5.02 Å². The van der Waals surface area contributed by atoms with Gasteiger partial charge in [0.05, 0.1) is 5.02 Å². The summed E-state index contributed by atoms with van der Waals surface area (Å²) in [5.74, 6) is 0.614. The molecule has 0 bridgehead atoms. The molecule has 0 radical (unpaired) electrons. The lowest BCUT2D eigenvalue weighted by molar-refractivity contribution is 0.446. The molecule has 0 saturated heterocycles. The average Bonchev–Trinajstić information content (AvgIpc) is 2.23. The molecule has 16 heavy (non-hydrogen) atoms. The van der Waals surface area contributed by atoms with Crippen LogP contribution in [0, 0.1) is 0 Å². The summed E-state index contributed by atoms with van der Waals surface area (Å²) in [5, 5.41) is 0.946. The van der Waals surface area contributed by atoms with Crippen LogP contribution in [0.1, 0.15) is 5.56 Å². The molecule has 0 unspecified atom stereocenters. The molecule has 0 saturated carbocycles. The summed E-state index contributed by atoms with van der Waals surface area (Å²) in [5.41, 5.74) is 0.978. The molecule has 0 aliphatic heterocycles. The number of hydrogen-bond donors (Lipinski definition) is 0. The number of hydrogen-bond acceptors (Lipinski definition) is 2. The van der Waals surface area contributed by atoms with Crippen molar-refractivity contribution in [2.75, 3.05) is 14.1 Å². The van der Waals surface area contributed by atoms with E-state index in [0.717, 1.165) is 5.56 Å². The van der Waals surface area contributed by atoms with Gasteiger partial charge in [0.25, 0.3) is 5.17 Å². The van der Waals surface area contributed by atoms with E-state index in [4.69, 9.17) is 28.6 Å². The smallest absolute Gasteiger partial charge is 0.264 e. The molecule has 4 heteroatoms. The topological polar surface area (TPSA) is 12.5 Å². The number of halogens is 1. The maximum absolute atomic E-state index is 6.08. The molecule has 86 valence electrons. The maximum atomic E-state index is 6.08. The average molecular weight is 256 g/mol. The second kappa shape index (κ2) is 5.87. The van der Waals surface area contributed by atoms with Crippen molar-refractivity contribution in [3.63, 3.8) is 0 Å². The Morgan fingerprint density at radius 3 is 2.81 bits per heavy atom. The minimum atomic E-state index is 0.387. The van der Waals surface area contributed by atoms with Crippen LogP contribution in [0.15, 0.2) is 30.9 Å². The molecule has 0 aliphatic carbocycles. The molecule has 0 fully saturated rings. The number of nitrogens with zero attached hydrogens (tertiary/aromatic N) is 1. The number of ether oxygens (including phenoxy) is 1. The molecular weight excluding hydrogens is 242 g/mol. The predicted molar refractivity (Wildman–Crippen MR) is 72.3 cm³/mol. The number of rotatable bonds is 3. The summed E-state index contributed by atoms with van der Waals surface area (Å²) in [6.07, 6.45) is 2.50. The van der Waals surface area contributed by atoms with E-state index in [1.807, 2.05) is 26.2 Å². The second-order valence-corrected chi connectivity index (χ2v) is 4.24. The van der Waals surface area contributed by atoms with Crippen LogP contribution < -0.4 is 4.74 Å². The summed E-state index contributed by atoms with van der Waals surface area (Å²) in [4.78, 5) is 1.72. The zero-order valence-electron chi connectivity index (χ0n) is 9.37. The van der Waals surface area contributed by atoms with E-state index in [2.05, 4.69) is 6.58 Å². The number of thiocarbonyl (C=S) groups is 1. The molecule has 0 amide bonds. The van der Waals surface area contributed by atoms with Gasteiger partial charge in [0.15, 0.2) is 5.75 Å². The van der Waals surface area contributed by atoms with Crippen molar-refractivity contribution < 1.29 is 4.74 Å². The highest BCUT2D eigenvalue weighted by molar-refractivity contribution is 7.80. The first-order valence-corrected chi connectivity index (χ1v) is 5.62. The van der Waals surface area contributed by atoms with E-state index in [1.165, 1.54) is 0 Å².